The molecule has 0 amide bonds. The Balaban J connectivity index is 1.97. The molecule has 2 rings (SSSR count). The van der Waals surface area contributed by atoms with Crippen molar-refractivity contribution in [1.82, 2.24) is 5.32 Å². The van der Waals surface area contributed by atoms with Crippen molar-refractivity contribution in [2.24, 2.45) is 0 Å². The van der Waals surface area contributed by atoms with Crippen LogP contribution in [0.15, 0.2) is 53.0 Å². The molecular weight excluding hydrogens is 346 g/mol. The largest absolute Gasteiger partial charge is 0.307 e. The van der Waals surface area contributed by atoms with Gasteiger partial charge in [0.05, 0.1) is 0 Å². The second kappa shape index (κ2) is 7.98. The average Bonchev–Trinajstić information content (AvgIpc) is 2.48. The van der Waals surface area contributed by atoms with Crippen LogP contribution in [0.5, 0.6) is 0 Å². The molecule has 0 aliphatic heterocycles. The van der Waals surface area contributed by atoms with Gasteiger partial charge in [-0.05, 0) is 55.2 Å². The van der Waals surface area contributed by atoms with E-state index >= 15 is 0 Å². The molecule has 0 bridgehead atoms. The van der Waals surface area contributed by atoms with Crippen molar-refractivity contribution in [2.45, 2.75) is 38.8 Å². The number of nitrogens with one attached hydrogen (secondary N) is 1. The second-order valence-corrected chi connectivity index (χ2v) is 6.76. The van der Waals surface area contributed by atoms with Crippen LogP contribution in [0.25, 0.3) is 0 Å². The van der Waals surface area contributed by atoms with Crippen LogP contribution < -0.4 is 5.32 Å². The lowest BCUT2D eigenvalue weighted by Gasteiger charge is -2.23. The molecule has 21 heavy (non-hydrogen) atoms. The Morgan fingerprint density at radius 2 is 1.67 bits per heavy atom. The molecule has 0 aromatic heterocycles. The molecule has 2 aromatic rings. The zero-order chi connectivity index (χ0) is 15.2. The molecular formula is C18H21BrClN. The molecule has 112 valence electrons. The van der Waals surface area contributed by atoms with Gasteiger partial charge in [0, 0.05) is 21.6 Å². The Hall–Kier alpha value is -0.830. The molecule has 0 aliphatic rings. The lowest BCUT2D eigenvalue weighted by atomic mass is 10.0. The summed E-state index contributed by atoms with van der Waals surface area (Å²) in [6.45, 7) is 4.45. The van der Waals surface area contributed by atoms with Crippen molar-refractivity contribution in [3.05, 3.63) is 69.2 Å². The third kappa shape index (κ3) is 5.14. The zero-order valence-corrected chi connectivity index (χ0v) is 14.8. The lowest BCUT2D eigenvalue weighted by molar-refractivity contribution is 0.443. The summed E-state index contributed by atoms with van der Waals surface area (Å²) in [5.41, 5.74) is 2.65. The highest BCUT2D eigenvalue weighted by Crippen LogP contribution is 2.20. The molecule has 0 spiro atoms. The van der Waals surface area contributed by atoms with E-state index in [1.165, 1.54) is 11.1 Å². The van der Waals surface area contributed by atoms with Gasteiger partial charge in [-0.3, -0.25) is 0 Å². The topological polar surface area (TPSA) is 12.0 Å². The van der Waals surface area contributed by atoms with Gasteiger partial charge >= 0.3 is 0 Å². The summed E-state index contributed by atoms with van der Waals surface area (Å²) in [7, 11) is 0. The molecule has 2 unspecified atom stereocenters. The number of hydrogen-bond donors (Lipinski definition) is 1. The summed E-state index contributed by atoms with van der Waals surface area (Å²) >= 11 is 9.41. The molecule has 0 fully saturated rings. The summed E-state index contributed by atoms with van der Waals surface area (Å²) in [6.07, 6.45) is 2.08. The monoisotopic (exact) mass is 365 g/mol. The van der Waals surface area contributed by atoms with Gasteiger partial charge in [0.25, 0.3) is 0 Å². The molecule has 0 saturated carbocycles. The van der Waals surface area contributed by atoms with E-state index in [2.05, 4.69) is 71.5 Å². The number of benzene rings is 2. The fourth-order valence-corrected chi connectivity index (χ4v) is 2.91. The molecule has 1 N–H and O–H groups in total. The van der Waals surface area contributed by atoms with Crippen LogP contribution >= 0.6 is 27.5 Å². The van der Waals surface area contributed by atoms with Crippen LogP contribution in [0, 0.1) is 0 Å². The lowest BCUT2D eigenvalue weighted by Crippen LogP contribution is -2.31. The fourth-order valence-electron chi connectivity index (χ4n) is 2.52. The highest BCUT2D eigenvalue weighted by atomic mass is 79.9. The predicted octanol–water partition coefficient (Wildman–Crippen LogP) is 5.77. The highest BCUT2D eigenvalue weighted by molar-refractivity contribution is 9.10. The van der Waals surface area contributed by atoms with E-state index in [1.54, 1.807) is 0 Å². The van der Waals surface area contributed by atoms with E-state index in [1.807, 2.05) is 12.1 Å². The van der Waals surface area contributed by atoms with E-state index in [-0.39, 0.29) is 0 Å². The van der Waals surface area contributed by atoms with Gasteiger partial charge in [0.1, 0.15) is 0 Å². The predicted molar refractivity (Wildman–Crippen MR) is 94.9 cm³/mol. The van der Waals surface area contributed by atoms with Crippen LogP contribution in [0.2, 0.25) is 5.02 Å². The fraction of sp³-hybridized carbons (Fsp3) is 0.333. The van der Waals surface area contributed by atoms with E-state index in [9.17, 15) is 0 Å². The third-order valence-corrected chi connectivity index (χ3v) is 4.40. The molecule has 0 saturated heterocycles. The first-order valence-corrected chi connectivity index (χ1v) is 8.51. The molecule has 0 heterocycles. The minimum Gasteiger partial charge on any atom is -0.307 e. The maximum Gasteiger partial charge on any atom is 0.0406 e. The smallest absolute Gasteiger partial charge is 0.0406 e. The first-order chi connectivity index (χ1) is 10.1. The van der Waals surface area contributed by atoms with E-state index in [0.29, 0.717) is 12.1 Å². The number of rotatable bonds is 6. The van der Waals surface area contributed by atoms with Crippen molar-refractivity contribution < 1.29 is 0 Å². The van der Waals surface area contributed by atoms with Gasteiger partial charge in [0.15, 0.2) is 0 Å². The molecule has 0 aliphatic carbocycles. The maximum atomic E-state index is 5.93. The summed E-state index contributed by atoms with van der Waals surface area (Å²) in [6, 6.07) is 17.5. The van der Waals surface area contributed by atoms with E-state index < -0.39 is 0 Å². The zero-order valence-electron chi connectivity index (χ0n) is 12.4. The standard InChI is InChI=1S/C18H21BrClN/c1-3-18(15-6-8-16(19)9-7-15)21-13(2)12-14-4-10-17(20)11-5-14/h4-11,13,18,21H,3,12H2,1-2H3. The van der Waals surface area contributed by atoms with Crippen molar-refractivity contribution in [3.8, 4) is 0 Å². The van der Waals surface area contributed by atoms with E-state index in [4.69, 9.17) is 11.6 Å². The van der Waals surface area contributed by atoms with Crippen molar-refractivity contribution in [1.29, 1.82) is 0 Å². The Labute approximate surface area is 140 Å². The second-order valence-electron chi connectivity index (χ2n) is 5.41. The first kappa shape index (κ1) is 16.5. The van der Waals surface area contributed by atoms with Gasteiger partial charge in [-0.15, -0.1) is 0 Å². The summed E-state index contributed by atoms with van der Waals surface area (Å²) < 4.78 is 1.12. The third-order valence-electron chi connectivity index (χ3n) is 3.62. The molecule has 0 radical (unpaired) electrons. The molecule has 1 nitrogen and oxygen atoms in total. The normalized spacial score (nSPS) is 13.9. The Kier molecular flexibility index (Phi) is 6.28. The van der Waals surface area contributed by atoms with Crippen LogP contribution in [0.3, 0.4) is 0 Å². The van der Waals surface area contributed by atoms with E-state index in [0.717, 1.165) is 22.3 Å². The molecule has 2 aromatic carbocycles. The van der Waals surface area contributed by atoms with Gasteiger partial charge in [-0.25, -0.2) is 0 Å². The highest BCUT2D eigenvalue weighted by Gasteiger charge is 2.12. The van der Waals surface area contributed by atoms with Crippen LogP contribution in [-0.4, -0.2) is 6.04 Å². The van der Waals surface area contributed by atoms with Gasteiger partial charge in [0.2, 0.25) is 0 Å². The van der Waals surface area contributed by atoms with Crippen LogP contribution in [0.1, 0.15) is 37.4 Å². The Morgan fingerprint density at radius 1 is 1.05 bits per heavy atom. The van der Waals surface area contributed by atoms with Crippen molar-refractivity contribution in [3.63, 3.8) is 0 Å². The maximum absolute atomic E-state index is 5.93. The Bertz CT molecular complexity index is 550. The van der Waals surface area contributed by atoms with Crippen LogP contribution in [0.4, 0.5) is 0 Å². The van der Waals surface area contributed by atoms with Gasteiger partial charge in [-0.1, -0.05) is 58.7 Å². The summed E-state index contributed by atoms with van der Waals surface area (Å²) in [4.78, 5) is 0. The summed E-state index contributed by atoms with van der Waals surface area (Å²) in [5, 5.41) is 4.51. The quantitative estimate of drug-likeness (QED) is 0.684. The number of halogens is 2. The van der Waals surface area contributed by atoms with Gasteiger partial charge < -0.3 is 5.32 Å². The van der Waals surface area contributed by atoms with Crippen molar-refractivity contribution >= 4 is 27.5 Å². The molecule has 2 atom stereocenters. The minimum absolute atomic E-state index is 0.389. The first-order valence-electron chi connectivity index (χ1n) is 7.34. The Morgan fingerprint density at radius 3 is 2.24 bits per heavy atom. The van der Waals surface area contributed by atoms with Crippen molar-refractivity contribution in [2.75, 3.05) is 0 Å². The number of hydrogen-bond acceptors (Lipinski definition) is 1. The SMILES string of the molecule is CCC(NC(C)Cc1ccc(Cl)cc1)c1ccc(Br)cc1. The van der Waals surface area contributed by atoms with Crippen LogP contribution in [-0.2, 0) is 6.42 Å². The average molecular weight is 367 g/mol. The van der Waals surface area contributed by atoms with Gasteiger partial charge in [-0.2, -0.15) is 0 Å². The molecule has 3 heteroatoms. The summed E-state index contributed by atoms with van der Waals surface area (Å²) in [5.74, 6) is 0. The minimum atomic E-state index is 0.389.